The molecule has 0 spiro atoms. The third kappa shape index (κ3) is 19.2. The number of nitrogens with two attached hydrogens (primary N) is 3. The third-order valence-corrected chi connectivity index (χ3v) is 12.8. The van der Waals surface area contributed by atoms with Crippen LogP contribution in [0.5, 0.6) is 0 Å². The van der Waals surface area contributed by atoms with E-state index in [1.165, 1.54) is 0 Å². The van der Waals surface area contributed by atoms with Gasteiger partial charge in [-0.1, -0.05) is 0 Å². The van der Waals surface area contributed by atoms with Crippen molar-refractivity contribution in [3.63, 3.8) is 0 Å². The maximum Gasteiger partial charge on any atom is 0.290 e. The summed E-state index contributed by atoms with van der Waals surface area (Å²) in [5.74, 6) is 0. The molecule has 112 valence electrons. The molecule has 0 radical (unpaired) electrons. The zero-order valence-corrected chi connectivity index (χ0v) is 17.3. The van der Waals surface area contributed by atoms with Gasteiger partial charge in [-0.25, -0.2) is 0 Å². The molecule has 0 saturated heterocycles. The Labute approximate surface area is 121 Å². The van der Waals surface area contributed by atoms with E-state index >= 15 is 0 Å². The standard InChI is InChI=1S/C3H14ClN3Si2.C3H16N4Si2/c2*1-6-8(2)7-9(3,4)5/h6-8H,5H2,1-3H3;6-8H,4-5H2,1-3H3. The van der Waals surface area contributed by atoms with Gasteiger partial charge in [-0.05, 0) is 40.3 Å². The molecule has 0 aliphatic heterocycles. The van der Waals surface area contributed by atoms with Crippen molar-refractivity contribution >= 4 is 45.6 Å². The van der Waals surface area contributed by atoms with Gasteiger partial charge in [0.05, 0.1) is 0 Å². The molecule has 3 atom stereocenters. The minimum absolute atomic E-state index is 0.995. The zero-order chi connectivity index (χ0) is 15.0. The van der Waals surface area contributed by atoms with E-state index in [0.29, 0.717) is 0 Å². The molecule has 0 aliphatic rings. The number of halogens is 1. The molecule has 3 unspecified atom stereocenters. The second-order valence-corrected chi connectivity index (χ2v) is 18.1. The lowest BCUT2D eigenvalue weighted by atomic mass is 11.6. The molecule has 18 heavy (non-hydrogen) atoms. The van der Waals surface area contributed by atoms with Crippen molar-refractivity contribution in [1.29, 1.82) is 0 Å². The van der Waals surface area contributed by atoms with Gasteiger partial charge in [0.25, 0.3) is 16.3 Å². The second kappa shape index (κ2) is 9.73. The van der Waals surface area contributed by atoms with Crippen LogP contribution in [0.2, 0.25) is 26.2 Å². The Balaban J connectivity index is 0. The van der Waals surface area contributed by atoms with Gasteiger partial charge in [0.2, 0.25) is 0 Å². The summed E-state index contributed by atoms with van der Waals surface area (Å²) >= 11 is 5.81. The molecule has 0 saturated carbocycles. The number of rotatable bonds is 6. The molecule has 12 heteroatoms. The van der Waals surface area contributed by atoms with Crippen molar-refractivity contribution in [3.8, 4) is 0 Å². The van der Waals surface area contributed by atoms with Crippen molar-refractivity contribution < 1.29 is 0 Å². The van der Waals surface area contributed by atoms with E-state index in [1.807, 2.05) is 27.2 Å². The maximum absolute atomic E-state index is 5.81. The number of hydrogen-bond donors (Lipinski definition) is 7. The minimum Gasteiger partial charge on any atom is -0.331 e. The van der Waals surface area contributed by atoms with Crippen LogP contribution < -0.4 is 35.5 Å². The first-order chi connectivity index (χ1) is 7.91. The van der Waals surface area contributed by atoms with Crippen LogP contribution in [-0.2, 0) is 0 Å². The van der Waals surface area contributed by atoms with Gasteiger partial charge in [-0.15, -0.1) is 11.1 Å². The Hall–Kier alpha value is 0.878. The molecule has 0 aromatic heterocycles. The van der Waals surface area contributed by atoms with Crippen LogP contribution in [0.4, 0.5) is 0 Å². The van der Waals surface area contributed by atoms with Crippen molar-refractivity contribution in [2.45, 2.75) is 26.2 Å². The molecule has 10 N–H and O–H groups in total. The molecule has 0 heterocycles. The van der Waals surface area contributed by atoms with E-state index in [4.69, 9.17) is 27.3 Å². The van der Waals surface area contributed by atoms with Gasteiger partial charge in [0, 0.05) is 0 Å². The quantitative estimate of drug-likeness (QED) is 0.210. The Morgan fingerprint density at radius 1 is 0.889 bits per heavy atom. The first kappa shape index (κ1) is 21.2. The van der Waals surface area contributed by atoms with Gasteiger partial charge in [0.15, 0.2) is 18.2 Å². The van der Waals surface area contributed by atoms with Crippen LogP contribution in [0.25, 0.3) is 0 Å². The van der Waals surface area contributed by atoms with Gasteiger partial charge >= 0.3 is 0 Å². The van der Waals surface area contributed by atoms with Crippen molar-refractivity contribution in [2.75, 3.05) is 14.1 Å². The van der Waals surface area contributed by atoms with Crippen LogP contribution in [0.1, 0.15) is 0 Å². The lowest BCUT2D eigenvalue weighted by Crippen LogP contribution is -2.70. The average molecular weight is 348 g/mol. The van der Waals surface area contributed by atoms with Gasteiger partial charge in [-0.3, -0.25) is 0 Å². The van der Waals surface area contributed by atoms with Gasteiger partial charge < -0.3 is 35.5 Å². The van der Waals surface area contributed by atoms with Crippen molar-refractivity contribution in [3.05, 3.63) is 0 Å². The number of hydrogen-bond acceptors (Lipinski definition) is 7. The van der Waals surface area contributed by atoms with Crippen molar-refractivity contribution in [1.82, 2.24) is 19.3 Å². The molecular formula is C6H30ClN7Si4. The lowest BCUT2D eigenvalue weighted by molar-refractivity contribution is 1.13. The van der Waals surface area contributed by atoms with Gasteiger partial charge in [0.1, 0.15) is 0 Å². The maximum atomic E-state index is 5.81. The molecule has 0 fully saturated rings. The summed E-state index contributed by atoms with van der Waals surface area (Å²) in [6.07, 6.45) is 0. The minimum atomic E-state index is -2.02. The highest BCUT2D eigenvalue weighted by Gasteiger charge is 2.20. The first-order valence-electron chi connectivity index (χ1n) is 5.86. The fraction of sp³-hybridized carbons (Fsp3) is 1.00. The smallest absolute Gasteiger partial charge is 0.290 e. The largest absolute Gasteiger partial charge is 0.331 e. The lowest BCUT2D eigenvalue weighted by Gasteiger charge is -2.20. The summed E-state index contributed by atoms with van der Waals surface area (Å²) < 4.78 is 6.37. The number of nitrogens with one attached hydrogen (secondary N) is 4. The fourth-order valence-corrected chi connectivity index (χ4v) is 10.8. The molecule has 0 aromatic carbocycles. The molecule has 7 nitrogen and oxygen atoms in total. The van der Waals surface area contributed by atoms with Crippen LogP contribution in [-0.4, -0.2) is 48.6 Å². The van der Waals surface area contributed by atoms with E-state index in [9.17, 15) is 0 Å². The van der Waals surface area contributed by atoms with E-state index in [-0.39, 0.29) is 0 Å². The summed E-state index contributed by atoms with van der Waals surface area (Å²) in [5, 5.41) is 16.8. The van der Waals surface area contributed by atoms with E-state index in [1.54, 1.807) is 0 Å². The summed E-state index contributed by atoms with van der Waals surface area (Å²) in [6, 6.07) is 0. The highest BCUT2D eigenvalue weighted by molar-refractivity contribution is 7.18. The molecule has 0 aliphatic carbocycles. The normalized spacial score (nSPS) is 18.3. The fourth-order valence-electron chi connectivity index (χ4n) is 1.03. The predicted molar refractivity (Wildman–Crippen MR) is 92.1 cm³/mol. The second-order valence-electron chi connectivity index (χ2n) is 4.67. The van der Waals surface area contributed by atoms with Crippen LogP contribution in [0, 0.1) is 0 Å². The summed E-state index contributed by atoms with van der Waals surface area (Å²) in [6.45, 7) is 7.98. The Bertz CT molecular complexity index is 187. The topological polar surface area (TPSA) is 126 Å². The first-order valence-corrected chi connectivity index (χ1v) is 16.7. The molecule has 0 rings (SSSR count). The van der Waals surface area contributed by atoms with E-state index in [2.05, 4.69) is 32.4 Å². The van der Waals surface area contributed by atoms with E-state index in [0.717, 1.165) is 0 Å². The molecule has 0 amide bonds. The third-order valence-electron chi connectivity index (χ3n) is 1.89. The van der Waals surface area contributed by atoms with Crippen LogP contribution in [0.15, 0.2) is 0 Å². The van der Waals surface area contributed by atoms with Gasteiger partial charge in [-0.2, -0.15) is 0 Å². The zero-order valence-electron chi connectivity index (χ0n) is 12.3. The monoisotopic (exact) mass is 347 g/mol. The average Bonchev–Trinajstić information content (AvgIpc) is 2.13. The highest BCUT2D eigenvalue weighted by Crippen LogP contribution is 1.92. The highest BCUT2D eigenvalue weighted by atomic mass is 35.6. The van der Waals surface area contributed by atoms with E-state index < -0.39 is 34.5 Å². The molecule has 0 bridgehead atoms. The Morgan fingerprint density at radius 3 is 1.33 bits per heavy atom. The molecular weight excluding hydrogens is 318 g/mol. The van der Waals surface area contributed by atoms with Crippen LogP contribution in [0.3, 0.4) is 0 Å². The predicted octanol–water partition coefficient (Wildman–Crippen LogP) is -2.46. The molecule has 0 aromatic rings. The van der Waals surface area contributed by atoms with Crippen molar-refractivity contribution in [2.24, 2.45) is 16.2 Å². The summed E-state index contributed by atoms with van der Waals surface area (Å²) in [5.41, 5.74) is 0. The Kier molecular flexibility index (Phi) is 11.4. The SMILES string of the molecule is CN[SiH](C)N[Si](C)(N)Cl.CN[SiH](C)N[Si](C)(N)N. The summed E-state index contributed by atoms with van der Waals surface area (Å²) in [4.78, 5) is 6.24. The van der Waals surface area contributed by atoms with Crippen LogP contribution >= 0.6 is 11.1 Å². The Morgan fingerprint density at radius 2 is 1.22 bits per heavy atom. The summed E-state index contributed by atoms with van der Waals surface area (Å²) in [7, 11) is -2.17.